The van der Waals surface area contributed by atoms with E-state index in [1.807, 2.05) is 0 Å². The van der Waals surface area contributed by atoms with Gasteiger partial charge < -0.3 is 0 Å². The molecule has 19 heavy (non-hydrogen) atoms. The molecular weight excluding hydrogens is 265 g/mol. The molecular formula is C14H20FNO2S. The van der Waals surface area contributed by atoms with Crippen molar-refractivity contribution in [1.29, 1.82) is 0 Å². The maximum atomic E-state index is 13.2. The number of rotatable bonds is 5. The quantitative estimate of drug-likeness (QED) is 0.904. The molecule has 3 nitrogen and oxygen atoms in total. The molecule has 5 heteroatoms. The van der Waals surface area contributed by atoms with Crippen molar-refractivity contribution in [3.05, 3.63) is 29.1 Å². The highest BCUT2D eigenvalue weighted by Gasteiger charge is 2.41. The van der Waals surface area contributed by atoms with E-state index in [2.05, 4.69) is 11.6 Å². The first-order valence-corrected chi connectivity index (χ1v) is 8.04. The van der Waals surface area contributed by atoms with E-state index >= 15 is 0 Å². The van der Waals surface area contributed by atoms with Crippen molar-refractivity contribution in [3.63, 3.8) is 0 Å². The average Bonchev–Trinajstić information content (AvgIpc) is 3.05. The van der Waals surface area contributed by atoms with Gasteiger partial charge in [-0.15, -0.1) is 0 Å². The number of hydrogen-bond acceptors (Lipinski definition) is 2. The molecule has 0 amide bonds. The highest BCUT2D eigenvalue weighted by Crippen LogP contribution is 2.48. The van der Waals surface area contributed by atoms with Gasteiger partial charge in [-0.2, -0.15) is 0 Å². The maximum absolute atomic E-state index is 13.2. The molecule has 1 saturated carbocycles. The van der Waals surface area contributed by atoms with Crippen molar-refractivity contribution < 1.29 is 12.8 Å². The molecule has 0 unspecified atom stereocenters. The molecule has 0 saturated heterocycles. The molecule has 0 bridgehead atoms. The summed E-state index contributed by atoms with van der Waals surface area (Å²) in [6.45, 7) is 5.80. The van der Waals surface area contributed by atoms with Crippen LogP contribution in [-0.4, -0.2) is 15.0 Å². The van der Waals surface area contributed by atoms with Gasteiger partial charge in [0.25, 0.3) is 0 Å². The lowest BCUT2D eigenvalue weighted by atomic mass is 10.1. The summed E-state index contributed by atoms with van der Waals surface area (Å²) in [5.41, 5.74) is 1.05. The zero-order chi connectivity index (χ0) is 14.3. The van der Waals surface area contributed by atoms with Crippen LogP contribution in [-0.2, 0) is 10.0 Å². The molecule has 1 aliphatic carbocycles. The molecule has 1 aromatic carbocycles. The van der Waals surface area contributed by atoms with E-state index in [-0.39, 0.29) is 10.3 Å². The average molecular weight is 285 g/mol. The summed E-state index contributed by atoms with van der Waals surface area (Å²) in [5, 5.41) is 0. The first-order chi connectivity index (χ1) is 8.80. The second-order valence-corrected chi connectivity index (χ2v) is 7.25. The summed E-state index contributed by atoms with van der Waals surface area (Å²) in [4.78, 5) is 0.209. The van der Waals surface area contributed by atoms with Crippen molar-refractivity contribution in [1.82, 2.24) is 4.72 Å². The van der Waals surface area contributed by atoms with E-state index in [1.165, 1.54) is 12.1 Å². The number of sulfonamides is 1. The first kappa shape index (κ1) is 14.5. The van der Waals surface area contributed by atoms with Gasteiger partial charge in [0.1, 0.15) is 5.82 Å². The van der Waals surface area contributed by atoms with Gasteiger partial charge in [0.15, 0.2) is 0 Å². The monoisotopic (exact) mass is 285 g/mol. The Hall–Kier alpha value is -0.940. The zero-order valence-corrected chi connectivity index (χ0v) is 12.4. The van der Waals surface area contributed by atoms with Crippen molar-refractivity contribution in [2.24, 2.45) is 5.41 Å². The lowest BCUT2D eigenvalue weighted by Crippen LogP contribution is -2.31. The summed E-state index contributed by atoms with van der Waals surface area (Å²) in [5.74, 6) is -0.402. The van der Waals surface area contributed by atoms with Crippen molar-refractivity contribution in [3.8, 4) is 0 Å². The molecule has 1 aliphatic rings. The van der Waals surface area contributed by atoms with Crippen LogP contribution >= 0.6 is 0 Å². The SMILES string of the molecule is CCC1(CNS(=O)(=O)c2c(C)cc(F)cc2C)CC1. The first-order valence-electron chi connectivity index (χ1n) is 6.56. The highest BCUT2D eigenvalue weighted by molar-refractivity contribution is 7.89. The molecule has 1 fully saturated rings. The van der Waals surface area contributed by atoms with E-state index in [4.69, 9.17) is 0 Å². The Morgan fingerprint density at radius 2 is 1.79 bits per heavy atom. The van der Waals surface area contributed by atoms with Crippen LogP contribution in [0.2, 0.25) is 0 Å². The molecule has 0 radical (unpaired) electrons. The van der Waals surface area contributed by atoms with Crippen LogP contribution < -0.4 is 4.72 Å². The minimum atomic E-state index is -3.56. The van der Waals surface area contributed by atoms with Crippen LogP contribution in [0.4, 0.5) is 4.39 Å². The lowest BCUT2D eigenvalue weighted by molar-refractivity contribution is 0.475. The summed E-state index contributed by atoms with van der Waals surface area (Å²) in [6.07, 6.45) is 3.14. The smallest absolute Gasteiger partial charge is 0.211 e. The molecule has 1 aromatic rings. The van der Waals surface area contributed by atoms with Gasteiger partial charge in [-0.05, 0) is 61.8 Å². The summed E-state index contributed by atoms with van der Waals surface area (Å²) in [6, 6.07) is 2.52. The zero-order valence-electron chi connectivity index (χ0n) is 11.6. The van der Waals surface area contributed by atoms with Crippen LogP contribution in [0.25, 0.3) is 0 Å². The van der Waals surface area contributed by atoms with E-state index in [0.717, 1.165) is 19.3 Å². The number of benzene rings is 1. The Balaban J connectivity index is 2.25. The van der Waals surface area contributed by atoms with Crippen LogP contribution in [0.1, 0.15) is 37.3 Å². The number of aryl methyl sites for hydroxylation is 2. The summed E-state index contributed by atoms with van der Waals surface area (Å²) >= 11 is 0. The maximum Gasteiger partial charge on any atom is 0.241 e. The van der Waals surface area contributed by atoms with Crippen LogP contribution in [0.5, 0.6) is 0 Å². The third-order valence-electron chi connectivity index (χ3n) is 4.04. The summed E-state index contributed by atoms with van der Waals surface area (Å²) in [7, 11) is -3.56. The Labute approximate surface area is 114 Å². The molecule has 2 rings (SSSR count). The van der Waals surface area contributed by atoms with Crippen LogP contribution in [0.15, 0.2) is 17.0 Å². The van der Waals surface area contributed by atoms with Crippen LogP contribution in [0.3, 0.4) is 0 Å². The number of hydrogen-bond donors (Lipinski definition) is 1. The molecule has 0 heterocycles. The molecule has 0 aromatic heterocycles. The fraction of sp³-hybridized carbons (Fsp3) is 0.571. The third-order valence-corrected chi connectivity index (χ3v) is 5.74. The van der Waals surface area contributed by atoms with Gasteiger partial charge in [0.2, 0.25) is 10.0 Å². The normalized spacial score (nSPS) is 17.5. The second-order valence-electron chi connectivity index (χ2n) is 5.55. The fourth-order valence-corrected chi connectivity index (χ4v) is 4.08. The fourth-order valence-electron chi connectivity index (χ4n) is 2.47. The van der Waals surface area contributed by atoms with E-state index < -0.39 is 15.8 Å². The molecule has 0 spiro atoms. The van der Waals surface area contributed by atoms with Gasteiger partial charge in [0.05, 0.1) is 4.90 Å². The molecule has 1 N–H and O–H groups in total. The Kier molecular flexibility index (Phi) is 3.71. The minimum Gasteiger partial charge on any atom is -0.211 e. The lowest BCUT2D eigenvalue weighted by Gasteiger charge is -2.16. The van der Waals surface area contributed by atoms with Crippen molar-refractivity contribution >= 4 is 10.0 Å². The third kappa shape index (κ3) is 2.98. The molecule has 106 valence electrons. The van der Waals surface area contributed by atoms with Gasteiger partial charge in [-0.25, -0.2) is 17.5 Å². The van der Waals surface area contributed by atoms with E-state index in [9.17, 15) is 12.8 Å². The largest absolute Gasteiger partial charge is 0.241 e. The predicted molar refractivity (Wildman–Crippen MR) is 73.0 cm³/mol. The topological polar surface area (TPSA) is 46.2 Å². The van der Waals surface area contributed by atoms with Gasteiger partial charge in [-0.3, -0.25) is 0 Å². The van der Waals surface area contributed by atoms with Gasteiger partial charge >= 0.3 is 0 Å². The van der Waals surface area contributed by atoms with Crippen molar-refractivity contribution in [2.45, 2.75) is 44.9 Å². The highest BCUT2D eigenvalue weighted by atomic mass is 32.2. The Morgan fingerprint density at radius 1 is 1.26 bits per heavy atom. The summed E-state index contributed by atoms with van der Waals surface area (Å²) < 4.78 is 40.6. The van der Waals surface area contributed by atoms with Crippen LogP contribution in [0, 0.1) is 25.1 Å². The Morgan fingerprint density at radius 3 is 2.21 bits per heavy atom. The minimum absolute atomic E-state index is 0.148. The Bertz CT molecular complexity index is 568. The van der Waals surface area contributed by atoms with Gasteiger partial charge in [-0.1, -0.05) is 6.92 Å². The molecule has 0 aliphatic heterocycles. The van der Waals surface area contributed by atoms with E-state index in [0.29, 0.717) is 17.7 Å². The number of halogens is 1. The van der Waals surface area contributed by atoms with Gasteiger partial charge in [0, 0.05) is 6.54 Å². The predicted octanol–water partition coefficient (Wildman–Crippen LogP) is 2.91. The second kappa shape index (κ2) is 4.87. The standard InChI is InChI=1S/C14H20FNO2S/c1-4-14(5-6-14)9-16-19(17,18)13-10(2)7-12(15)8-11(13)3/h7-8,16H,4-6,9H2,1-3H3. The van der Waals surface area contributed by atoms with E-state index in [1.54, 1.807) is 13.8 Å². The molecule has 0 atom stereocenters. The number of nitrogens with one attached hydrogen (secondary N) is 1. The van der Waals surface area contributed by atoms with Crippen molar-refractivity contribution in [2.75, 3.05) is 6.54 Å².